The van der Waals surface area contributed by atoms with Crippen LogP contribution in [-0.4, -0.2) is 16.5 Å². The van der Waals surface area contributed by atoms with Crippen LogP contribution in [0.25, 0.3) is 0 Å². The molecule has 0 aromatic carbocycles. The van der Waals surface area contributed by atoms with Crippen LogP contribution in [0, 0.1) is 0 Å². The van der Waals surface area contributed by atoms with Gasteiger partial charge < -0.3 is 5.11 Å². The SMILES string of the molecule is CCCCC[C@@H](Cl)CC(=O)O. The first kappa shape index (κ1) is 10.8. The normalized spacial score (nSPS) is 12.9. The zero-order chi connectivity index (χ0) is 8.69. The van der Waals surface area contributed by atoms with E-state index in [1.807, 2.05) is 0 Å². The van der Waals surface area contributed by atoms with Gasteiger partial charge in [0.2, 0.25) is 0 Å². The van der Waals surface area contributed by atoms with Gasteiger partial charge in [-0.3, -0.25) is 4.79 Å². The largest absolute Gasteiger partial charge is 0.481 e. The lowest BCUT2D eigenvalue weighted by molar-refractivity contribution is -0.137. The monoisotopic (exact) mass is 178 g/mol. The Morgan fingerprint density at radius 3 is 2.64 bits per heavy atom. The second-order valence-electron chi connectivity index (χ2n) is 2.69. The number of halogens is 1. The van der Waals surface area contributed by atoms with Crippen molar-refractivity contribution in [1.29, 1.82) is 0 Å². The lowest BCUT2D eigenvalue weighted by Crippen LogP contribution is -2.06. The van der Waals surface area contributed by atoms with E-state index in [2.05, 4.69) is 6.92 Å². The Labute approximate surface area is 72.6 Å². The van der Waals surface area contributed by atoms with E-state index in [0.29, 0.717) is 0 Å². The second kappa shape index (κ2) is 6.47. The minimum Gasteiger partial charge on any atom is -0.481 e. The summed E-state index contributed by atoms with van der Waals surface area (Å²) in [6.45, 7) is 2.11. The zero-order valence-electron chi connectivity index (χ0n) is 6.85. The molecule has 0 saturated heterocycles. The predicted octanol–water partition coefficient (Wildman–Crippen LogP) is 2.65. The van der Waals surface area contributed by atoms with E-state index < -0.39 is 5.97 Å². The van der Waals surface area contributed by atoms with E-state index in [0.717, 1.165) is 25.7 Å². The maximum atomic E-state index is 10.2. The fraction of sp³-hybridized carbons (Fsp3) is 0.875. The molecule has 0 aliphatic heterocycles. The fourth-order valence-electron chi connectivity index (χ4n) is 0.907. The lowest BCUT2D eigenvalue weighted by atomic mass is 10.1. The van der Waals surface area contributed by atoms with Gasteiger partial charge in [0.1, 0.15) is 0 Å². The molecule has 0 radical (unpaired) electrons. The summed E-state index contributed by atoms with van der Waals surface area (Å²) in [5.41, 5.74) is 0. The first-order valence-electron chi connectivity index (χ1n) is 4.02. The first-order chi connectivity index (χ1) is 5.16. The van der Waals surface area contributed by atoms with Crippen molar-refractivity contribution >= 4 is 17.6 Å². The highest BCUT2D eigenvalue weighted by Gasteiger charge is 2.08. The van der Waals surface area contributed by atoms with E-state index in [1.165, 1.54) is 0 Å². The Morgan fingerprint density at radius 2 is 2.18 bits per heavy atom. The predicted molar refractivity (Wildman–Crippen MR) is 46.0 cm³/mol. The number of hydrogen-bond donors (Lipinski definition) is 1. The van der Waals surface area contributed by atoms with Gasteiger partial charge in [0.05, 0.1) is 6.42 Å². The van der Waals surface area contributed by atoms with E-state index in [1.54, 1.807) is 0 Å². The molecule has 0 aliphatic carbocycles. The number of hydrogen-bond acceptors (Lipinski definition) is 1. The molecule has 2 nitrogen and oxygen atoms in total. The average Bonchev–Trinajstić information content (AvgIpc) is 1.86. The van der Waals surface area contributed by atoms with E-state index >= 15 is 0 Å². The van der Waals surface area contributed by atoms with E-state index in [-0.39, 0.29) is 11.8 Å². The molecule has 0 spiro atoms. The maximum Gasteiger partial charge on any atom is 0.304 e. The summed E-state index contributed by atoms with van der Waals surface area (Å²) < 4.78 is 0. The summed E-state index contributed by atoms with van der Waals surface area (Å²) in [6.07, 6.45) is 4.24. The third-order valence-corrected chi connectivity index (χ3v) is 1.89. The summed E-state index contributed by atoms with van der Waals surface area (Å²) >= 11 is 5.73. The van der Waals surface area contributed by atoms with Crippen LogP contribution >= 0.6 is 11.6 Å². The number of carboxylic acids is 1. The van der Waals surface area contributed by atoms with Gasteiger partial charge >= 0.3 is 5.97 Å². The van der Waals surface area contributed by atoms with Crippen molar-refractivity contribution in [2.45, 2.75) is 44.4 Å². The van der Waals surface area contributed by atoms with Crippen molar-refractivity contribution in [3.63, 3.8) is 0 Å². The number of rotatable bonds is 6. The second-order valence-corrected chi connectivity index (χ2v) is 3.31. The minimum absolute atomic E-state index is 0.0886. The summed E-state index contributed by atoms with van der Waals surface area (Å²) in [7, 11) is 0. The van der Waals surface area contributed by atoms with Gasteiger partial charge in [-0.25, -0.2) is 0 Å². The molecule has 3 heteroatoms. The summed E-state index contributed by atoms with van der Waals surface area (Å²) in [5, 5.41) is 8.17. The number of unbranched alkanes of at least 4 members (excludes halogenated alkanes) is 2. The molecule has 1 atom stereocenters. The van der Waals surface area contributed by atoms with Gasteiger partial charge in [0, 0.05) is 5.38 Å². The Hall–Kier alpha value is -0.240. The Kier molecular flexibility index (Phi) is 6.33. The molecule has 0 aliphatic rings. The van der Waals surface area contributed by atoms with Crippen LogP contribution in [0.15, 0.2) is 0 Å². The topological polar surface area (TPSA) is 37.3 Å². The highest BCUT2D eigenvalue weighted by molar-refractivity contribution is 6.21. The van der Waals surface area contributed by atoms with Gasteiger partial charge in [-0.2, -0.15) is 0 Å². The molecule has 0 fully saturated rings. The molecule has 0 amide bonds. The van der Waals surface area contributed by atoms with Crippen molar-refractivity contribution in [2.75, 3.05) is 0 Å². The van der Waals surface area contributed by atoms with Gasteiger partial charge in [-0.1, -0.05) is 26.2 Å². The Balaban J connectivity index is 3.22. The van der Waals surface area contributed by atoms with Crippen LogP contribution in [0.2, 0.25) is 0 Å². The smallest absolute Gasteiger partial charge is 0.304 e. The number of alkyl halides is 1. The lowest BCUT2D eigenvalue weighted by Gasteiger charge is -2.04. The van der Waals surface area contributed by atoms with Gasteiger partial charge in [-0.05, 0) is 6.42 Å². The summed E-state index contributed by atoms with van der Waals surface area (Å²) in [5.74, 6) is -0.804. The molecule has 0 rings (SSSR count). The molecule has 0 aromatic rings. The molecule has 0 unspecified atom stereocenters. The Morgan fingerprint density at radius 1 is 1.55 bits per heavy atom. The summed E-state index contributed by atoms with van der Waals surface area (Å²) in [4.78, 5) is 10.2. The third-order valence-electron chi connectivity index (χ3n) is 1.52. The molecule has 0 heterocycles. The zero-order valence-corrected chi connectivity index (χ0v) is 7.60. The van der Waals surface area contributed by atoms with Crippen molar-refractivity contribution in [3.05, 3.63) is 0 Å². The van der Waals surface area contributed by atoms with Crippen molar-refractivity contribution in [2.24, 2.45) is 0 Å². The standard InChI is InChI=1S/C8H15ClO2/c1-2-3-4-5-7(9)6-8(10)11/h7H,2-6H2,1H3,(H,10,11)/t7-/m1/s1. The fourth-order valence-corrected chi connectivity index (χ4v) is 1.19. The highest BCUT2D eigenvalue weighted by atomic mass is 35.5. The van der Waals surface area contributed by atoms with Crippen LogP contribution in [0.5, 0.6) is 0 Å². The first-order valence-corrected chi connectivity index (χ1v) is 4.46. The molecule has 0 saturated carbocycles. The van der Waals surface area contributed by atoms with Gasteiger partial charge in [-0.15, -0.1) is 11.6 Å². The maximum absolute atomic E-state index is 10.2. The molecule has 1 N–H and O–H groups in total. The van der Waals surface area contributed by atoms with Crippen LogP contribution in [-0.2, 0) is 4.79 Å². The third kappa shape index (κ3) is 7.66. The molecule has 0 aromatic heterocycles. The summed E-state index contributed by atoms with van der Waals surface area (Å²) in [6, 6.07) is 0. The van der Waals surface area contributed by atoms with Crippen LogP contribution < -0.4 is 0 Å². The van der Waals surface area contributed by atoms with Crippen molar-refractivity contribution in [1.82, 2.24) is 0 Å². The van der Waals surface area contributed by atoms with Gasteiger partial charge in [0.15, 0.2) is 0 Å². The van der Waals surface area contributed by atoms with Crippen LogP contribution in [0.1, 0.15) is 39.0 Å². The molecule has 11 heavy (non-hydrogen) atoms. The number of carboxylic acid groups (broad SMARTS) is 1. The molecule has 66 valence electrons. The van der Waals surface area contributed by atoms with Gasteiger partial charge in [0.25, 0.3) is 0 Å². The van der Waals surface area contributed by atoms with Crippen LogP contribution in [0.3, 0.4) is 0 Å². The minimum atomic E-state index is -0.804. The van der Waals surface area contributed by atoms with Crippen molar-refractivity contribution < 1.29 is 9.90 Å². The van der Waals surface area contributed by atoms with Crippen LogP contribution in [0.4, 0.5) is 0 Å². The molecule has 0 bridgehead atoms. The number of carbonyl (C=O) groups is 1. The average molecular weight is 179 g/mol. The van der Waals surface area contributed by atoms with E-state index in [4.69, 9.17) is 16.7 Å². The molecular weight excluding hydrogens is 164 g/mol. The quantitative estimate of drug-likeness (QED) is 0.502. The van der Waals surface area contributed by atoms with Crippen molar-refractivity contribution in [3.8, 4) is 0 Å². The highest BCUT2D eigenvalue weighted by Crippen LogP contribution is 2.12. The van der Waals surface area contributed by atoms with E-state index in [9.17, 15) is 4.79 Å². The molecular formula is C8H15ClO2. The number of aliphatic carboxylic acids is 1. The Bertz CT molecular complexity index is 115.